The number of nitro benzene ring substituents is 1. The highest BCUT2D eigenvalue weighted by atomic mass is 16.6. The van der Waals surface area contributed by atoms with Crippen molar-refractivity contribution in [2.75, 3.05) is 14.2 Å². The van der Waals surface area contributed by atoms with Crippen LogP contribution in [0, 0.1) is 10.1 Å². The lowest BCUT2D eigenvalue weighted by Gasteiger charge is -2.17. The predicted octanol–water partition coefficient (Wildman–Crippen LogP) is 1.44. The van der Waals surface area contributed by atoms with Crippen LogP contribution in [-0.4, -0.2) is 42.0 Å². The van der Waals surface area contributed by atoms with Crippen molar-refractivity contribution in [3.05, 3.63) is 63.8 Å². The number of hydrogen-bond donors (Lipinski definition) is 1. The summed E-state index contributed by atoms with van der Waals surface area (Å²) in [5.74, 6) is -0.735. The molecule has 1 amide bonds. The van der Waals surface area contributed by atoms with Crippen molar-refractivity contribution >= 4 is 17.6 Å². The average molecular weight is 373 g/mol. The van der Waals surface area contributed by atoms with Crippen LogP contribution in [0.5, 0.6) is 5.88 Å². The zero-order valence-electron chi connectivity index (χ0n) is 14.9. The van der Waals surface area contributed by atoms with E-state index in [0.717, 1.165) is 0 Å². The fourth-order valence-corrected chi connectivity index (χ4v) is 2.53. The summed E-state index contributed by atoms with van der Waals surface area (Å²) in [7, 11) is 2.68. The summed E-state index contributed by atoms with van der Waals surface area (Å²) >= 11 is 0. The minimum Gasteiger partial charge on any atom is -0.481 e. The van der Waals surface area contributed by atoms with Crippen LogP contribution in [0.2, 0.25) is 0 Å². The van der Waals surface area contributed by atoms with Gasteiger partial charge in [-0.3, -0.25) is 14.9 Å². The standard InChI is InChI=1S/C18H19N3O6/c1-26-17-13(6-4-8-19-17)11-15(18(23)27-2)20-16(22)10-12-5-3-7-14(9-12)21(24)25/h3-9,15H,10-11H2,1-2H3,(H,20,22)/t15-/m0/s1. The van der Waals surface area contributed by atoms with Crippen molar-refractivity contribution < 1.29 is 24.0 Å². The molecule has 1 atom stereocenters. The lowest BCUT2D eigenvalue weighted by molar-refractivity contribution is -0.384. The Hall–Kier alpha value is -3.49. The Morgan fingerprint density at radius 2 is 2.04 bits per heavy atom. The fraction of sp³-hybridized carbons (Fsp3) is 0.278. The first-order valence-corrected chi connectivity index (χ1v) is 8.03. The average Bonchev–Trinajstić information content (AvgIpc) is 2.67. The Labute approximate surface area is 155 Å². The number of non-ortho nitro benzene ring substituents is 1. The molecule has 0 aliphatic heterocycles. The maximum absolute atomic E-state index is 12.3. The van der Waals surface area contributed by atoms with Gasteiger partial charge in [-0.2, -0.15) is 0 Å². The zero-order valence-corrected chi connectivity index (χ0v) is 14.9. The zero-order chi connectivity index (χ0) is 19.8. The van der Waals surface area contributed by atoms with Crippen molar-refractivity contribution in [2.45, 2.75) is 18.9 Å². The predicted molar refractivity (Wildman–Crippen MR) is 95.2 cm³/mol. The van der Waals surface area contributed by atoms with Gasteiger partial charge in [0, 0.05) is 30.3 Å². The first-order valence-electron chi connectivity index (χ1n) is 8.03. The molecule has 0 radical (unpaired) electrons. The van der Waals surface area contributed by atoms with Gasteiger partial charge in [0.2, 0.25) is 11.8 Å². The van der Waals surface area contributed by atoms with Gasteiger partial charge in [-0.05, 0) is 11.6 Å². The summed E-state index contributed by atoms with van der Waals surface area (Å²) in [6.07, 6.45) is 1.57. The number of methoxy groups -OCH3 is 2. The number of benzene rings is 1. The maximum atomic E-state index is 12.3. The lowest BCUT2D eigenvalue weighted by Crippen LogP contribution is -2.43. The molecule has 27 heavy (non-hydrogen) atoms. The van der Waals surface area contributed by atoms with E-state index in [9.17, 15) is 19.7 Å². The van der Waals surface area contributed by atoms with Gasteiger partial charge in [-0.25, -0.2) is 9.78 Å². The van der Waals surface area contributed by atoms with E-state index in [4.69, 9.17) is 9.47 Å². The Kier molecular flexibility index (Phi) is 6.81. The second-order valence-electron chi connectivity index (χ2n) is 5.62. The number of nitro groups is 1. The Morgan fingerprint density at radius 1 is 1.26 bits per heavy atom. The normalized spacial score (nSPS) is 11.3. The van der Waals surface area contributed by atoms with E-state index in [2.05, 4.69) is 10.3 Å². The Bertz CT molecular complexity index is 839. The van der Waals surface area contributed by atoms with Crippen LogP contribution in [0.4, 0.5) is 5.69 Å². The monoisotopic (exact) mass is 373 g/mol. The molecule has 0 unspecified atom stereocenters. The van der Waals surface area contributed by atoms with Gasteiger partial charge in [0.05, 0.1) is 25.6 Å². The molecule has 0 spiro atoms. The summed E-state index contributed by atoms with van der Waals surface area (Å²) in [5, 5.41) is 13.4. The van der Waals surface area contributed by atoms with E-state index in [0.29, 0.717) is 17.0 Å². The molecule has 9 heteroatoms. The summed E-state index contributed by atoms with van der Waals surface area (Å²) in [6, 6.07) is 8.23. The highest BCUT2D eigenvalue weighted by Crippen LogP contribution is 2.17. The quantitative estimate of drug-likeness (QED) is 0.422. The second-order valence-corrected chi connectivity index (χ2v) is 5.62. The number of amides is 1. The van der Waals surface area contributed by atoms with E-state index in [1.165, 1.54) is 32.4 Å². The molecule has 1 heterocycles. The molecular weight excluding hydrogens is 354 g/mol. The molecule has 0 aliphatic rings. The third-order valence-electron chi connectivity index (χ3n) is 3.77. The van der Waals surface area contributed by atoms with E-state index in [-0.39, 0.29) is 18.5 Å². The number of hydrogen-bond acceptors (Lipinski definition) is 7. The van der Waals surface area contributed by atoms with Gasteiger partial charge in [0.25, 0.3) is 5.69 Å². The highest BCUT2D eigenvalue weighted by molar-refractivity contribution is 5.86. The fourth-order valence-electron chi connectivity index (χ4n) is 2.53. The van der Waals surface area contributed by atoms with E-state index in [1.54, 1.807) is 24.4 Å². The Morgan fingerprint density at radius 3 is 2.70 bits per heavy atom. The van der Waals surface area contributed by atoms with Gasteiger partial charge in [0.15, 0.2) is 0 Å². The van der Waals surface area contributed by atoms with Crippen LogP contribution in [0.15, 0.2) is 42.6 Å². The molecule has 142 valence electrons. The van der Waals surface area contributed by atoms with Gasteiger partial charge in [-0.15, -0.1) is 0 Å². The first-order chi connectivity index (χ1) is 12.9. The molecule has 1 aromatic carbocycles. The van der Waals surface area contributed by atoms with Gasteiger partial charge in [0.1, 0.15) is 6.04 Å². The van der Waals surface area contributed by atoms with Crippen molar-refractivity contribution in [1.29, 1.82) is 0 Å². The molecule has 9 nitrogen and oxygen atoms in total. The van der Waals surface area contributed by atoms with Crippen molar-refractivity contribution in [3.63, 3.8) is 0 Å². The van der Waals surface area contributed by atoms with Crippen LogP contribution in [-0.2, 0) is 27.2 Å². The van der Waals surface area contributed by atoms with Crippen molar-refractivity contribution in [2.24, 2.45) is 0 Å². The highest BCUT2D eigenvalue weighted by Gasteiger charge is 2.24. The van der Waals surface area contributed by atoms with Crippen LogP contribution >= 0.6 is 0 Å². The third kappa shape index (κ3) is 5.50. The van der Waals surface area contributed by atoms with E-state index >= 15 is 0 Å². The van der Waals surface area contributed by atoms with Crippen LogP contribution in [0.3, 0.4) is 0 Å². The maximum Gasteiger partial charge on any atom is 0.328 e. The lowest BCUT2D eigenvalue weighted by atomic mass is 10.1. The number of carbonyl (C=O) groups is 2. The van der Waals surface area contributed by atoms with E-state index < -0.39 is 22.8 Å². The summed E-state index contributed by atoms with van der Waals surface area (Å²) in [6.45, 7) is 0. The van der Waals surface area contributed by atoms with Crippen molar-refractivity contribution in [1.82, 2.24) is 10.3 Å². The topological polar surface area (TPSA) is 121 Å². The number of aromatic nitrogens is 1. The molecule has 2 aromatic rings. The number of rotatable bonds is 8. The van der Waals surface area contributed by atoms with E-state index in [1.807, 2.05) is 0 Å². The summed E-state index contributed by atoms with van der Waals surface area (Å²) in [5.41, 5.74) is 0.986. The minimum atomic E-state index is -0.945. The summed E-state index contributed by atoms with van der Waals surface area (Å²) < 4.78 is 9.91. The molecule has 2 rings (SSSR count). The first kappa shape index (κ1) is 19.8. The smallest absolute Gasteiger partial charge is 0.328 e. The molecule has 0 saturated heterocycles. The van der Waals surface area contributed by atoms with Gasteiger partial charge >= 0.3 is 5.97 Å². The molecule has 0 saturated carbocycles. The third-order valence-corrected chi connectivity index (χ3v) is 3.77. The molecule has 0 bridgehead atoms. The van der Waals surface area contributed by atoms with Gasteiger partial charge < -0.3 is 14.8 Å². The van der Waals surface area contributed by atoms with Gasteiger partial charge in [-0.1, -0.05) is 18.2 Å². The molecule has 1 aromatic heterocycles. The number of nitrogens with zero attached hydrogens (tertiary/aromatic N) is 2. The molecule has 0 fully saturated rings. The summed E-state index contributed by atoms with van der Waals surface area (Å²) in [4.78, 5) is 38.8. The van der Waals surface area contributed by atoms with Crippen molar-refractivity contribution in [3.8, 4) is 5.88 Å². The number of nitrogens with one attached hydrogen (secondary N) is 1. The number of esters is 1. The SMILES string of the molecule is COC(=O)[C@H](Cc1cccnc1OC)NC(=O)Cc1cccc([N+](=O)[O-])c1. The van der Waals surface area contributed by atoms with Crippen LogP contribution in [0.1, 0.15) is 11.1 Å². The number of ether oxygens (including phenoxy) is 2. The number of pyridine rings is 1. The van der Waals surface area contributed by atoms with Crippen LogP contribution in [0.25, 0.3) is 0 Å². The number of carbonyl (C=O) groups excluding carboxylic acids is 2. The second kappa shape index (κ2) is 9.27. The molecule has 0 aliphatic carbocycles. The molecule has 1 N–H and O–H groups in total. The van der Waals surface area contributed by atoms with Crippen LogP contribution < -0.4 is 10.1 Å². The molecular formula is C18H19N3O6. The minimum absolute atomic E-state index is 0.107. The Balaban J connectivity index is 2.11. The largest absolute Gasteiger partial charge is 0.481 e.